The molecular formula is C20H30O10S. The van der Waals surface area contributed by atoms with Gasteiger partial charge < -0.3 is 23.7 Å². The summed E-state index contributed by atoms with van der Waals surface area (Å²) >= 11 is 0. The van der Waals surface area contributed by atoms with E-state index in [-0.39, 0.29) is 11.9 Å². The average Bonchev–Trinajstić information content (AvgIpc) is 2.68. The summed E-state index contributed by atoms with van der Waals surface area (Å²) < 4.78 is 40.5. The predicted octanol–water partition coefficient (Wildman–Crippen LogP) is 1.15. The van der Waals surface area contributed by atoms with Crippen LogP contribution in [0.3, 0.4) is 0 Å². The molecule has 6 atom stereocenters. The molecule has 1 unspecified atom stereocenters. The Hall–Kier alpha value is -2.01. The van der Waals surface area contributed by atoms with Gasteiger partial charge in [0.05, 0.1) is 10.8 Å². The minimum atomic E-state index is -1.61. The first kappa shape index (κ1) is 25.3. The number of hydrogen-bond acceptors (Lipinski definition) is 10. The van der Waals surface area contributed by atoms with Gasteiger partial charge in [0.15, 0.2) is 23.7 Å². The zero-order chi connectivity index (χ0) is 23.1. The highest BCUT2D eigenvalue weighted by molar-refractivity contribution is 7.86. The van der Waals surface area contributed by atoms with E-state index in [9.17, 15) is 23.4 Å². The number of esters is 4. The highest BCUT2D eigenvalue weighted by Crippen LogP contribution is 2.34. The Bertz CT molecular complexity index is 702. The molecule has 2 fully saturated rings. The van der Waals surface area contributed by atoms with Crippen LogP contribution in [0.1, 0.15) is 59.8 Å². The second-order valence-electron chi connectivity index (χ2n) is 7.66. The molecule has 1 saturated carbocycles. The molecule has 0 radical (unpaired) electrons. The molecule has 1 heterocycles. The summed E-state index contributed by atoms with van der Waals surface area (Å²) in [5.41, 5.74) is -1.15. The molecule has 1 saturated heterocycles. The maximum absolute atomic E-state index is 13.4. The van der Waals surface area contributed by atoms with Crippen LogP contribution in [-0.4, -0.2) is 69.8 Å². The molecule has 2 rings (SSSR count). The van der Waals surface area contributed by atoms with Crippen molar-refractivity contribution < 1.29 is 47.1 Å². The molecule has 1 aliphatic carbocycles. The Kier molecular flexibility index (Phi) is 9.42. The van der Waals surface area contributed by atoms with Gasteiger partial charge in [-0.05, 0) is 12.8 Å². The molecule has 31 heavy (non-hydrogen) atoms. The lowest BCUT2D eigenvalue weighted by Crippen LogP contribution is -2.63. The van der Waals surface area contributed by atoms with Crippen molar-refractivity contribution in [2.75, 3.05) is 6.61 Å². The molecule has 0 N–H and O–H groups in total. The maximum atomic E-state index is 13.4. The van der Waals surface area contributed by atoms with E-state index >= 15 is 0 Å². The first-order valence-electron chi connectivity index (χ1n) is 10.3. The third-order valence-electron chi connectivity index (χ3n) is 5.06. The second kappa shape index (κ2) is 11.6. The van der Waals surface area contributed by atoms with E-state index in [1.165, 1.54) is 6.92 Å². The Morgan fingerprint density at radius 2 is 1.29 bits per heavy atom. The summed E-state index contributed by atoms with van der Waals surface area (Å²) in [4.78, 5) is 46.7. The first-order chi connectivity index (χ1) is 14.6. The fourth-order valence-electron chi connectivity index (χ4n) is 3.86. The summed E-state index contributed by atoms with van der Waals surface area (Å²) in [6, 6.07) is 0. The minimum absolute atomic E-state index is 0.186. The van der Waals surface area contributed by atoms with Crippen molar-refractivity contribution >= 4 is 34.7 Å². The molecule has 0 bridgehead atoms. The van der Waals surface area contributed by atoms with Crippen LogP contribution in [0.5, 0.6) is 0 Å². The zero-order valence-electron chi connectivity index (χ0n) is 18.2. The number of ether oxygens (including phenoxy) is 5. The average molecular weight is 463 g/mol. The van der Waals surface area contributed by atoms with E-state index < -0.39 is 64.5 Å². The van der Waals surface area contributed by atoms with Gasteiger partial charge in [-0.2, -0.15) is 0 Å². The van der Waals surface area contributed by atoms with Crippen LogP contribution in [-0.2, 0) is 53.7 Å². The minimum Gasteiger partial charge on any atom is -0.463 e. The molecule has 1 aliphatic heterocycles. The monoisotopic (exact) mass is 462 g/mol. The van der Waals surface area contributed by atoms with Gasteiger partial charge >= 0.3 is 23.9 Å². The van der Waals surface area contributed by atoms with Gasteiger partial charge in [0.1, 0.15) is 12.7 Å². The molecule has 0 amide bonds. The lowest BCUT2D eigenvalue weighted by Gasteiger charge is -2.44. The molecule has 176 valence electrons. The molecule has 0 aromatic rings. The lowest BCUT2D eigenvalue weighted by molar-refractivity contribution is -0.238. The van der Waals surface area contributed by atoms with Gasteiger partial charge in [0.25, 0.3) is 0 Å². The Morgan fingerprint density at radius 1 is 0.774 bits per heavy atom. The van der Waals surface area contributed by atoms with Crippen LogP contribution in [0.4, 0.5) is 0 Å². The molecular weight excluding hydrogens is 432 g/mol. The van der Waals surface area contributed by atoms with Gasteiger partial charge in [0, 0.05) is 32.9 Å². The van der Waals surface area contributed by atoms with Crippen molar-refractivity contribution in [2.24, 2.45) is 0 Å². The fourth-order valence-corrected chi connectivity index (χ4v) is 5.77. The second-order valence-corrected chi connectivity index (χ2v) is 9.44. The van der Waals surface area contributed by atoms with Gasteiger partial charge in [-0.3, -0.25) is 23.4 Å². The van der Waals surface area contributed by atoms with Crippen LogP contribution in [0.25, 0.3) is 0 Å². The largest absolute Gasteiger partial charge is 0.463 e. The van der Waals surface area contributed by atoms with E-state index in [0.717, 1.165) is 52.9 Å². The van der Waals surface area contributed by atoms with Crippen LogP contribution >= 0.6 is 0 Å². The van der Waals surface area contributed by atoms with Gasteiger partial charge in [-0.25, -0.2) is 0 Å². The van der Waals surface area contributed by atoms with Crippen molar-refractivity contribution in [3.05, 3.63) is 0 Å². The molecule has 11 heteroatoms. The summed E-state index contributed by atoms with van der Waals surface area (Å²) in [7, 11) is -1.61. The van der Waals surface area contributed by atoms with Crippen molar-refractivity contribution in [3.63, 3.8) is 0 Å². The highest BCUT2D eigenvalue weighted by Gasteiger charge is 2.54. The summed E-state index contributed by atoms with van der Waals surface area (Å²) in [6.45, 7) is 4.35. The molecule has 10 nitrogen and oxygen atoms in total. The van der Waals surface area contributed by atoms with Crippen LogP contribution in [0.2, 0.25) is 0 Å². The Labute approximate surface area is 183 Å². The number of hydrogen-bond donors (Lipinski definition) is 0. The molecule has 2 aliphatic rings. The van der Waals surface area contributed by atoms with Crippen LogP contribution in [0, 0.1) is 0 Å². The standard InChI is InChI=1S/C20H30O10S/c1-11(21)26-10-16-17(27-12(2)22)18(28-13(3)23)19(29-14(4)24)20(30-16)31(25)15-8-6-5-7-9-15/h15-20H,5-10H2,1-4H3/t16-,17+,18+,19-,20-,31?/m1/s1. The third kappa shape index (κ3) is 7.27. The normalized spacial score (nSPS) is 30.0. The number of rotatable bonds is 7. The van der Waals surface area contributed by atoms with Crippen molar-refractivity contribution in [1.82, 2.24) is 0 Å². The summed E-state index contributed by atoms with van der Waals surface area (Å²) in [6.07, 6.45) is -0.514. The Balaban J connectivity index is 2.43. The lowest BCUT2D eigenvalue weighted by atomic mass is 9.99. The van der Waals surface area contributed by atoms with E-state index in [1.807, 2.05) is 0 Å². The van der Waals surface area contributed by atoms with Crippen molar-refractivity contribution in [1.29, 1.82) is 0 Å². The number of carbonyl (C=O) groups excluding carboxylic acids is 4. The quantitative estimate of drug-likeness (QED) is 0.401. The van der Waals surface area contributed by atoms with E-state index in [1.54, 1.807) is 0 Å². The third-order valence-corrected chi connectivity index (χ3v) is 7.02. The molecule has 0 aromatic heterocycles. The Morgan fingerprint density at radius 3 is 1.81 bits per heavy atom. The summed E-state index contributed by atoms with van der Waals surface area (Å²) in [5, 5.41) is -0.186. The van der Waals surface area contributed by atoms with Crippen molar-refractivity contribution in [2.45, 2.75) is 94.9 Å². The van der Waals surface area contributed by atoms with Gasteiger partial charge in [0.2, 0.25) is 0 Å². The highest BCUT2D eigenvalue weighted by atomic mass is 32.2. The topological polar surface area (TPSA) is 132 Å². The van der Waals surface area contributed by atoms with E-state index in [0.29, 0.717) is 0 Å². The maximum Gasteiger partial charge on any atom is 0.303 e. The van der Waals surface area contributed by atoms with E-state index in [2.05, 4.69) is 0 Å². The predicted molar refractivity (Wildman–Crippen MR) is 107 cm³/mol. The summed E-state index contributed by atoms with van der Waals surface area (Å²) in [5.74, 6) is -2.71. The van der Waals surface area contributed by atoms with E-state index in [4.69, 9.17) is 23.7 Å². The zero-order valence-corrected chi connectivity index (χ0v) is 19.0. The van der Waals surface area contributed by atoms with Crippen molar-refractivity contribution in [3.8, 4) is 0 Å². The SMILES string of the molecule is CC(=O)OC[C@H]1O[C@H](S(=O)C2CCCCC2)[C@H](OC(C)=O)[C@@H](OC(C)=O)[C@H]1OC(C)=O. The fraction of sp³-hybridized carbons (Fsp3) is 0.800. The van der Waals surface area contributed by atoms with Crippen LogP contribution < -0.4 is 0 Å². The first-order valence-corrected chi connectivity index (χ1v) is 11.6. The van der Waals surface area contributed by atoms with Crippen LogP contribution in [0.15, 0.2) is 0 Å². The number of carbonyl (C=O) groups is 4. The smallest absolute Gasteiger partial charge is 0.303 e. The molecule has 0 aromatic carbocycles. The van der Waals surface area contributed by atoms with Gasteiger partial charge in [-0.15, -0.1) is 0 Å². The van der Waals surface area contributed by atoms with Gasteiger partial charge in [-0.1, -0.05) is 19.3 Å². The molecule has 0 spiro atoms.